The number of H-pyrrole nitrogens is 1. The van der Waals surface area contributed by atoms with Gasteiger partial charge in [0, 0.05) is 6.04 Å². The Kier molecular flexibility index (Phi) is 3.56. The van der Waals surface area contributed by atoms with Crippen LogP contribution in [-0.4, -0.2) is 52.1 Å². The van der Waals surface area contributed by atoms with E-state index in [1.807, 2.05) is 7.05 Å². The molecule has 1 aliphatic rings. The summed E-state index contributed by atoms with van der Waals surface area (Å²) < 4.78 is 0. The molecule has 0 radical (unpaired) electrons. The SMILES string of the molecule is CN1CCC(NC(=O)c2cc([N+](=O)[O-])[nH]n2)CC1. The average Bonchev–Trinajstić information content (AvgIpc) is 2.81. The van der Waals surface area contributed by atoms with Crippen molar-refractivity contribution < 1.29 is 9.72 Å². The van der Waals surface area contributed by atoms with Crippen LogP contribution < -0.4 is 5.32 Å². The van der Waals surface area contributed by atoms with Crippen LogP contribution in [-0.2, 0) is 0 Å². The third-order valence-corrected chi connectivity index (χ3v) is 3.05. The van der Waals surface area contributed by atoms with Gasteiger partial charge < -0.3 is 20.3 Å². The Labute approximate surface area is 104 Å². The highest BCUT2D eigenvalue weighted by atomic mass is 16.6. The third-order valence-electron chi connectivity index (χ3n) is 3.05. The normalized spacial score (nSPS) is 17.6. The number of hydrogen-bond donors (Lipinski definition) is 2. The van der Waals surface area contributed by atoms with Crippen LogP contribution in [0.1, 0.15) is 23.3 Å². The van der Waals surface area contributed by atoms with Crippen molar-refractivity contribution in [3.8, 4) is 0 Å². The Morgan fingerprint density at radius 2 is 2.28 bits per heavy atom. The van der Waals surface area contributed by atoms with E-state index in [-0.39, 0.29) is 23.5 Å². The lowest BCUT2D eigenvalue weighted by Crippen LogP contribution is -2.43. The highest BCUT2D eigenvalue weighted by Crippen LogP contribution is 2.11. The summed E-state index contributed by atoms with van der Waals surface area (Å²) in [6.45, 7) is 1.87. The second kappa shape index (κ2) is 5.13. The van der Waals surface area contributed by atoms with Crippen LogP contribution in [0.15, 0.2) is 6.07 Å². The molecule has 8 heteroatoms. The highest BCUT2D eigenvalue weighted by molar-refractivity contribution is 5.92. The number of nitrogens with one attached hydrogen (secondary N) is 2. The maximum atomic E-state index is 11.8. The van der Waals surface area contributed by atoms with E-state index in [2.05, 4.69) is 20.4 Å². The summed E-state index contributed by atoms with van der Waals surface area (Å²) in [6.07, 6.45) is 1.77. The minimum absolute atomic E-state index is 0.0561. The Morgan fingerprint density at radius 1 is 1.61 bits per heavy atom. The molecule has 2 heterocycles. The van der Waals surface area contributed by atoms with Gasteiger partial charge in [-0.15, -0.1) is 5.10 Å². The molecular formula is C10H15N5O3. The van der Waals surface area contributed by atoms with Gasteiger partial charge in [-0.3, -0.25) is 4.79 Å². The average molecular weight is 253 g/mol. The molecule has 8 nitrogen and oxygen atoms in total. The van der Waals surface area contributed by atoms with Gasteiger partial charge in [-0.1, -0.05) is 5.10 Å². The maximum absolute atomic E-state index is 11.8. The van der Waals surface area contributed by atoms with Crippen LogP contribution in [0.5, 0.6) is 0 Å². The molecule has 98 valence electrons. The Balaban J connectivity index is 1.93. The van der Waals surface area contributed by atoms with E-state index in [0.717, 1.165) is 32.0 Å². The van der Waals surface area contributed by atoms with Gasteiger partial charge in [0.05, 0.1) is 6.07 Å². The lowest BCUT2D eigenvalue weighted by Gasteiger charge is -2.29. The molecule has 0 unspecified atom stereocenters. The lowest BCUT2D eigenvalue weighted by molar-refractivity contribution is -0.389. The number of aromatic nitrogens is 2. The number of likely N-dealkylation sites (tertiary alicyclic amines) is 1. The first-order valence-electron chi connectivity index (χ1n) is 5.75. The summed E-state index contributed by atoms with van der Waals surface area (Å²) in [5, 5.41) is 19.1. The molecule has 1 aromatic heterocycles. The molecule has 0 aromatic carbocycles. The summed E-state index contributed by atoms with van der Waals surface area (Å²) >= 11 is 0. The molecule has 1 fully saturated rings. The smallest absolute Gasteiger partial charge is 0.343 e. The van der Waals surface area contributed by atoms with E-state index in [0.29, 0.717) is 0 Å². The first-order chi connectivity index (χ1) is 8.56. The second-order valence-electron chi connectivity index (χ2n) is 4.45. The molecule has 0 aliphatic carbocycles. The molecule has 0 bridgehead atoms. The monoisotopic (exact) mass is 253 g/mol. The number of carbonyl (C=O) groups is 1. The number of aromatic amines is 1. The molecule has 1 saturated heterocycles. The first-order valence-corrected chi connectivity index (χ1v) is 5.75. The predicted molar refractivity (Wildman–Crippen MR) is 63.2 cm³/mol. The minimum atomic E-state index is -0.612. The Morgan fingerprint density at radius 3 is 2.83 bits per heavy atom. The summed E-state index contributed by atoms with van der Waals surface area (Å²) in [5.74, 6) is -0.641. The number of nitrogens with zero attached hydrogens (tertiary/aromatic N) is 3. The van der Waals surface area contributed by atoms with Crippen molar-refractivity contribution >= 4 is 11.7 Å². The summed E-state index contributed by atoms with van der Waals surface area (Å²) in [4.78, 5) is 23.8. The van der Waals surface area contributed by atoms with Crippen molar-refractivity contribution in [3.63, 3.8) is 0 Å². The maximum Gasteiger partial charge on any atom is 0.343 e. The molecule has 0 atom stereocenters. The molecule has 18 heavy (non-hydrogen) atoms. The molecule has 1 aromatic rings. The van der Waals surface area contributed by atoms with E-state index >= 15 is 0 Å². The van der Waals surface area contributed by atoms with Crippen molar-refractivity contribution in [3.05, 3.63) is 21.9 Å². The molecule has 2 N–H and O–H groups in total. The highest BCUT2D eigenvalue weighted by Gasteiger charge is 2.22. The number of hydrogen-bond acceptors (Lipinski definition) is 5. The summed E-state index contributed by atoms with van der Waals surface area (Å²) in [5.41, 5.74) is 0.0561. The van der Waals surface area contributed by atoms with E-state index in [1.54, 1.807) is 0 Å². The minimum Gasteiger partial charge on any atom is -0.358 e. The van der Waals surface area contributed by atoms with Crippen molar-refractivity contribution in [1.29, 1.82) is 0 Å². The standard InChI is InChI=1S/C10H15N5O3/c1-14-4-2-7(3-5-14)11-10(16)8-6-9(13-12-8)15(17)18/h6-7H,2-5H2,1H3,(H,11,16)(H,12,13). The fourth-order valence-corrected chi connectivity index (χ4v) is 1.93. The predicted octanol–water partition coefficient (Wildman–Crippen LogP) is 0.142. The first kappa shape index (κ1) is 12.5. The van der Waals surface area contributed by atoms with E-state index in [9.17, 15) is 14.9 Å². The lowest BCUT2D eigenvalue weighted by atomic mass is 10.1. The van der Waals surface area contributed by atoms with Gasteiger partial charge in [-0.2, -0.15) is 0 Å². The zero-order valence-electron chi connectivity index (χ0n) is 10.0. The fourth-order valence-electron chi connectivity index (χ4n) is 1.93. The van der Waals surface area contributed by atoms with Crippen LogP contribution in [0, 0.1) is 10.1 Å². The van der Waals surface area contributed by atoms with Crippen LogP contribution in [0.3, 0.4) is 0 Å². The Bertz CT molecular complexity index is 450. The fraction of sp³-hybridized carbons (Fsp3) is 0.600. The second-order valence-corrected chi connectivity index (χ2v) is 4.45. The van der Waals surface area contributed by atoms with Crippen molar-refractivity contribution in [1.82, 2.24) is 20.4 Å². The number of piperidine rings is 1. The van der Waals surface area contributed by atoms with Gasteiger partial charge in [0.25, 0.3) is 5.91 Å². The van der Waals surface area contributed by atoms with Crippen LogP contribution in [0.2, 0.25) is 0 Å². The van der Waals surface area contributed by atoms with E-state index in [4.69, 9.17) is 0 Å². The number of carbonyl (C=O) groups excluding carboxylic acids is 1. The van der Waals surface area contributed by atoms with Gasteiger partial charge in [0.15, 0.2) is 5.69 Å². The van der Waals surface area contributed by atoms with Gasteiger partial charge in [-0.25, -0.2) is 0 Å². The van der Waals surface area contributed by atoms with Gasteiger partial charge in [-0.05, 0) is 37.9 Å². The number of nitro groups is 1. The third kappa shape index (κ3) is 2.83. The zero-order chi connectivity index (χ0) is 13.1. The summed E-state index contributed by atoms with van der Waals surface area (Å²) in [7, 11) is 2.04. The molecular weight excluding hydrogens is 238 g/mol. The van der Waals surface area contributed by atoms with Crippen molar-refractivity contribution in [2.75, 3.05) is 20.1 Å². The largest absolute Gasteiger partial charge is 0.358 e. The number of rotatable bonds is 3. The number of amides is 1. The molecule has 1 amide bonds. The topological polar surface area (TPSA) is 104 Å². The van der Waals surface area contributed by atoms with Gasteiger partial charge in [0.1, 0.15) is 0 Å². The van der Waals surface area contributed by atoms with E-state index in [1.165, 1.54) is 0 Å². The van der Waals surface area contributed by atoms with Crippen molar-refractivity contribution in [2.24, 2.45) is 0 Å². The zero-order valence-corrected chi connectivity index (χ0v) is 10.0. The van der Waals surface area contributed by atoms with Crippen LogP contribution in [0.25, 0.3) is 0 Å². The Hall–Kier alpha value is -1.96. The molecule has 1 aliphatic heterocycles. The molecule has 2 rings (SSSR count). The summed E-state index contributed by atoms with van der Waals surface area (Å²) in [6, 6.07) is 1.26. The van der Waals surface area contributed by atoms with Crippen molar-refractivity contribution in [2.45, 2.75) is 18.9 Å². The van der Waals surface area contributed by atoms with E-state index < -0.39 is 4.92 Å². The quantitative estimate of drug-likeness (QED) is 0.589. The van der Waals surface area contributed by atoms with Gasteiger partial charge >= 0.3 is 5.82 Å². The molecule has 0 saturated carbocycles. The molecule has 0 spiro atoms. The van der Waals surface area contributed by atoms with Gasteiger partial charge in [0.2, 0.25) is 0 Å². The van der Waals surface area contributed by atoms with Crippen LogP contribution in [0.4, 0.5) is 5.82 Å². The van der Waals surface area contributed by atoms with Crippen LogP contribution >= 0.6 is 0 Å².